The molecule has 0 bridgehead atoms. The van der Waals surface area contributed by atoms with Crippen molar-refractivity contribution in [1.29, 1.82) is 0 Å². The van der Waals surface area contributed by atoms with Crippen LogP contribution in [0.1, 0.15) is 18.5 Å². The number of anilines is 1. The summed E-state index contributed by atoms with van der Waals surface area (Å²) < 4.78 is 1.61. The highest BCUT2D eigenvalue weighted by Gasteiger charge is 2.40. The molecule has 1 aliphatic heterocycles. The molecule has 3 rings (SSSR count). The fourth-order valence-corrected chi connectivity index (χ4v) is 2.49. The first-order valence-electron chi connectivity index (χ1n) is 6.76. The van der Waals surface area contributed by atoms with E-state index in [9.17, 15) is 9.59 Å². The van der Waals surface area contributed by atoms with Gasteiger partial charge in [-0.2, -0.15) is 5.10 Å². The van der Waals surface area contributed by atoms with Crippen molar-refractivity contribution >= 4 is 17.6 Å². The predicted molar refractivity (Wildman–Crippen MR) is 77.5 cm³/mol. The van der Waals surface area contributed by atoms with Crippen LogP contribution in [0.2, 0.25) is 0 Å². The lowest BCUT2D eigenvalue weighted by atomic mass is 10.0. The smallest absolute Gasteiger partial charge is 0.256 e. The molecule has 6 heteroatoms. The topological polar surface area (TPSA) is 67.2 Å². The Morgan fingerprint density at radius 3 is 2.48 bits per heavy atom. The van der Waals surface area contributed by atoms with Crippen LogP contribution >= 0.6 is 0 Å². The Bertz CT molecular complexity index is 680. The standard InChI is InChI=1S/C15H16N4O2/c1-10-14(20)16-13(11-6-4-3-5-7-11)15(21)19(10)12-8-9-18(2)17-12/h3-10,13H,1-2H3,(H,16,20). The number of amides is 2. The van der Waals surface area contributed by atoms with E-state index in [0.717, 1.165) is 5.56 Å². The molecule has 2 atom stereocenters. The number of hydrogen-bond acceptors (Lipinski definition) is 3. The Labute approximate surface area is 122 Å². The molecule has 1 fully saturated rings. The minimum Gasteiger partial charge on any atom is -0.339 e. The molecule has 2 heterocycles. The normalized spacial score (nSPS) is 22.3. The van der Waals surface area contributed by atoms with Crippen molar-refractivity contribution in [2.45, 2.75) is 19.0 Å². The van der Waals surface area contributed by atoms with Gasteiger partial charge >= 0.3 is 0 Å². The number of benzene rings is 1. The van der Waals surface area contributed by atoms with E-state index in [4.69, 9.17) is 0 Å². The van der Waals surface area contributed by atoms with Crippen LogP contribution in [0.3, 0.4) is 0 Å². The Morgan fingerprint density at radius 2 is 1.86 bits per heavy atom. The van der Waals surface area contributed by atoms with E-state index in [1.54, 1.807) is 30.9 Å². The van der Waals surface area contributed by atoms with Gasteiger partial charge in [0.05, 0.1) is 0 Å². The molecule has 0 spiro atoms. The summed E-state index contributed by atoms with van der Waals surface area (Å²) in [6.45, 7) is 1.70. The van der Waals surface area contributed by atoms with Gasteiger partial charge in [-0.25, -0.2) is 0 Å². The molecule has 108 valence electrons. The monoisotopic (exact) mass is 284 g/mol. The molecule has 1 N–H and O–H groups in total. The van der Waals surface area contributed by atoms with E-state index < -0.39 is 12.1 Å². The van der Waals surface area contributed by atoms with E-state index >= 15 is 0 Å². The third-order valence-electron chi connectivity index (χ3n) is 3.62. The van der Waals surface area contributed by atoms with Gasteiger partial charge in [0.15, 0.2) is 5.82 Å². The van der Waals surface area contributed by atoms with Crippen molar-refractivity contribution < 1.29 is 9.59 Å². The van der Waals surface area contributed by atoms with Crippen molar-refractivity contribution in [3.8, 4) is 0 Å². The summed E-state index contributed by atoms with van der Waals surface area (Å²) in [5.74, 6) is 0.131. The first kappa shape index (κ1) is 13.4. The summed E-state index contributed by atoms with van der Waals surface area (Å²) in [5.41, 5.74) is 0.767. The van der Waals surface area contributed by atoms with Crippen LogP contribution < -0.4 is 10.2 Å². The third-order valence-corrected chi connectivity index (χ3v) is 3.62. The lowest BCUT2D eigenvalue weighted by Gasteiger charge is -2.36. The quantitative estimate of drug-likeness (QED) is 0.895. The highest BCUT2D eigenvalue weighted by molar-refractivity contribution is 6.08. The molecule has 2 amide bonds. The average Bonchev–Trinajstić information content (AvgIpc) is 2.90. The van der Waals surface area contributed by atoms with Gasteiger partial charge < -0.3 is 5.32 Å². The minimum atomic E-state index is -0.670. The maximum Gasteiger partial charge on any atom is 0.256 e. The largest absolute Gasteiger partial charge is 0.339 e. The Balaban J connectivity index is 1.99. The molecule has 21 heavy (non-hydrogen) atoms. The lowest BCUT2D eigenvalue weighted by molar-refractivity contribution is -0.133. The zero-order valence-corrected chi connectivity index (χ0v) is 11.9. The average molecular weight is 284 g/mol. The van der Waals surface area contributed by atoms with E-state index in [2.05, 4.69) is 10.4 Å². The zero-order valence-electron chi connectivity index (χ0n) is 11.9. The van der Waals surface area contributed by atoms with E-state index in [-0.39, 0.29) is 11.8 Å². The van der Waals surface area contributed by atoms with Crippen LogP contribution in [0.5, 0.6) is 0 Å². The maximum absolute atomic E-state index is 12.8. The van der Waals surface area contributed by atoms with Crippen LogP contribution in [0.15, 0.2) is 42.6 Å². The fourth-order valence-electron chi connectivity index (χ4n) is 2.49. The number of hydrogen-bond donors (Lipinski definition) is 1. The van der Waals surface area contributed by atoms with Gasteiger partial charge in [-0.15, -0.1) is 0 Å². The minimum absolute atomic E-state index is 0.174. The van der Waals surface area contributed by atoms with Gasteiger partial charge in [0.2, 0.25) is 5.91 Å². The first-order valence-corrected chi connectivity index (χ1v) is 6.76. The summed E-state index contributed by atoms with van der Waals surface area (Å²) in [7, 11) is 1.78. The van der Waals surface area contributed by atoms with Crippen molar-refractivity contribution in [3.05, 3.63) is 48.2 Å². The SMILES string of the molecule is CC1C(=O)NC(c2ccccc2)C(=O)N1c1ccn(C)n1. The molecule has 1 saturated heterocycles. The highest BCUT2D eigenvalue weighted by Crippen LogP contribution is 2.26. The second-order valence-electron chi connectivity index (χ2n) is 5.08. The van der Waals surface area contributed by atoms with Crippen LogP contribution in [0.25, 0.3) is 0 Å². The number of nitrogens with one attached hydrogen (secondary N) is 1. The summed E-state index contributed by atoms with van der Waals surface area (Å²) in [6, 6.07) is 9.71. The number of piperazine rings is 1. The van der Waals surface area contributed by atoms with Crippen LogP contribution in [0.4, 0.5) is 5.82 Å². The van der Waals surface area contributed by atoms with Crippen LogP contribution in [-0.2, 0) is 16.6 Å². The second-order valence-corrected chi connectivity index (χ2v) is 5.08. The van der Waals surface area contributed by atoms with Gasteiger partial charge in [0, 0.05) is 19.3 Å². The molecule has 0 aliphatic carbocycles. The number of aromatic nitrogens is 2. The maximum atomic E-state index is 12.8. The molecule has 1 aliphatic rings. The van der Waals surface area contributed by atoms with Crippen molar-refractivity contribution in [3.63, 3.8) is 0 Å². The van der Waals surface area contributed by atoms with Crippen molar-refractivity contribution in [2.75, 3.05) is 4.90 Å². The first-order chi connectivity index (χ1) is 10.1. The molecule has 1 aromatic carbocycles. The number of nitrogens with zero attached hydrogens (tertiary/aromatic N) is 3. The van der Waals surface area contributed by atoms with Gasteiger partial charge in [0.25, 0.3) is 5.91 Å². The molecule has 0 saturated carbocycles. The number of carbonyl (C=O) groups is 2. The Hall–Kier alpha value is -2.63. The fraction of sp³-hybridized carbons (Fsp3) is 0.267. The molecule has 6 nitrogen and oxygen atoms in total. The molecule has 1 aromatic heterocycles. The van der Waals surface area contributed by atoms with Gasteiger partial charge in [-0.1, -0.05) is 30.3 Å². The van der Waals surface area contributed by atoms with Gasteiger partial charge in [0.1, 0.15) is 12.1 Å². The molecular formula is C15H16N4O2. The lowest BCUT2D eigenvalue weighted by Crippen LogP contribution is -2.59. The third kappa shape index (κ3) is 2.29. The van der Waals surface area contributed by atoms with E-state index in [1.165, 1.54) is 4.90 Å². The summed E-state index contributed by atoms with van der Waals surface area (Å²) >= 11 is 0. The van der Waals surface area contributed by atoms with Crippen molar-refractivity contribution in [2.24, 2.45) is 7.05 Å². The van der Waals surface area contributed by atoms with Gasteiger partial charge in [-0.3, -0.25) is 19.2 Å². The Kier molecular flexibility index (Phi) is 3.21. The van der Waals surface area contributed by atoms with Gasteiger partial charge in [-0.05, 0) is 12.5 Å². The molecule has 0 radical (unpaired) electrons. The molecule has 2 unspecified atom stereocenters. The zero-order chi connectivity index (χ0) is 15.0. The van der Waals surface area contributed by atoms with Crippen LogP contribution in [-0.4, -0.2) is 27.6 Å². The van der Waals surface area contributed by atoms with E-state index in [0.29, 0.717) is 5.82 Å². The predicted octanol–water partition coefficient (Wildman–Crippen LogP) is 1.01. The van der Waals surface area contributed by atoms with Crippen LogP contribution in [0, 0.1) is 0 Å². The second kappa shape index (κ2) is 5.05. The summed E-state index contributed by atoms with van der Waals surface area (Å²) in [6.07, 6.45) is 1.75. The number of carbonyl (C=O) groups excluding carboxylic acids is 2. The Morgan fingerprint density at radius 1 is 1.14 bits per heavy atom. The summed E-state index contributed by atoms with van der Waals surface area (Å²) in [4.78, 5) is 26.4. The van der Waals surface area contributed by atoms with Crippen molar-refractivity contribution in [1.82, 2.24) is 15.1 Å². The molecular weight excluding hydrogens is 268 g/mol. The number of aryl methyl sites for hydroxylation is 1. The number of rotatable bonds is 2. The summed E-state index contributed by atoms with van der Waals surface area (Å²) in [5, 5.41) is 7.01. The highest BCUT2D eigenvalue weighted by atomic mass is 16.2. The molecule has 2 aromatic rings. The van der Waals surface area contributed by atoms with E-state index in [1.807, 2.05) is 30.3 Å².